The Bertz CT molecular complexity index is 1880. The largest absolute Gasteiger partial charge is 0.497 e. The summed E-state index contributed by atoms with van der Waals surface area (Å²) >= 11 is 0. The molecule has 0 aromatic heterocycles. The smallest absolute Gasteiger partial charge is 0.310 e. The van der Waals surface area contributed by atoms with Gasteiger partial charge in [0, 0.05) is 6.26 Å². The second-order valence-electron chi connectivity index (χ2n) is 10.3. The van der Waals surface area contributed by atoms with Crippen LogP contribution < -0.4 is 20.5 Å². The molecule has 12 nitrogen and oxygen atoms in total. The van der Waals surface area contributed by atoms with Gasteiger partial charge in [-0.25, -0.2) is 12.6 Å². The Labute approximate surface area is 276 Å². The normalized spacial score (nSPS) is 12.2. The molecule has 1 amide bonds. The van der Waals surface area contributed by atoms with Gasteiger partial charge < -0.3 is 25.6 Å². The molecule has 0 fully saturated rings. The third kappa shape index (κ3) is 13.6. The van der Waals surface area contributed by atoms with Crippen molar-refractivity contribution < 1.29 is 45.2 Å². The van der Waals surface area contributed by atoms with Crippen molar-refractivity contribution in [1.82, 2.24) is 5.32 Å². The zero-order valence-electron chi connectivity index (χ0n) is 26.5. The Balaban J connectivity index is 0.000000405. The van der Waals surface area contributed by atoms with Crippen molar-refractivity contribution in [3.63, 3.8) is 0 Å². The fourth-order valence-electron chi connectivity index (χ4n) is 3.93. The van der Waals surface area contributed by atoms with Crippen LogP contribution in [0.5, 0.6) is 11.5 Å². The van der Waals surface area contributed by atoms with Crippen LogP contribution in [0.4, 0.5) is 0 Å². The highest BCUT2D eigenvalue weighted by molar-refractivity contribution is 7.90. The van der Waals surface area contributed by atoms with E-state index >= 15 is 0 Å². The number of hydrogen-bond acceptors (Lipinski definition) is 10. The van der Waals surface area contributed by atoms with Gasteiger partial charge in [0.15, 0.2) is 9.84 Å². The molecule has 0 bridgehead atoms. The van der Waals surface area contributed by atoms with E-state index in [-0.39, 0.29) is 25.9 Å². The van der Waals surface area contributed by atoms with Gasteiger partial charge in [-0.05, 0) is 70.8 Å². The summed E-state index contributed by atoms with van der Waals surface area (Å²) in [6.07, 6.45) is 2.02. The molecule has 0 radical (unpaired) electrons. The molecule has 0 saturated carbocycles. The first-order chi connectivity index (χ1) is 21.5. The van der Waals surface area contributed by atoms with E-state index in [4.69, 9.17) is 20.3 Å². The Hall–Kier alpha value is -4.24. The number of carboxylic acids is 1. The number of amides is 1. The molecule has 47 heavy (non-hydrogen) atoms. The number of sulfone groups is 1. The third-order valence-corrected chi connectivity index (χ3v) is 7.88. The molecule has 258 valence electrons. The predicted molar refractivity (Wildman–Crippen MR) is 185 cm³/mol. The van der Waals surface area contributed by atoms with Crippen molar-refractivity contribution in [3.8, 4) is 11.5 Å². The summed E-state index contributed by atoms with van der Waals surface area (Å²) in [7, 11) is -3.22. The standard InChI is InChI=1S/C16H19NO5S.C14H14O3.C2H7NO2S.CH4/c1-11(16(18)17-10-22-23(3,19)20)12-4-5-14-9-15(21-2)7-6-13(14)8-12;1-9(14(15)16)10-3-4-12-8-13(17-2)6-5-11(12)7-10;1-6(4,5)2-3;/h4-9,11H,10H2,1-3H3,(H,17,18);3-9H,1-2H3,(H,15,16);2-3H2,1H3;1H4. The van der Waals surface area contributed by atoms with Crippen LogP contribution in [0, 0.1) is 0 Å². The summed E-state index contributed by atoms with van der Waals surface area (Å²) in [5.41, 5.74) is 6.37. The molecule has 2 unspecified atom stereocenters. The number of carbonyl (C=O) groups excluding carboxylic acids is 1. The van der Waals surface area contributed by atoms with Crippen LogP contribution >= 0.6 is 0 Å². The fraction of sp³-hybridized carbons (Fsp3) is 0.333. The van der Waals surface area contributed by atoms with Crippen LogP contribution in [0.15, 0.2) is 72.8 Å². The van der Waals surface area contributed by atoms with Crippen LogP contribution in [0.1, 0.15) is 44.2 Å². The number of rotatable bonds is 10. The minimum atomic E-state index is -3.57. The van der Waals surface area contributed by atoms with Crippen molar-refractivity contribution in [2.45, 2.75) is 33.1 Å². The molecule has 0 aliphatic heterocycles. The van der Waals surface area contributed by atoms with E-state index in [1.807, 2.05) is 72.8 Å². The highest BCUT2D eigenvalue weighted by Crippen LogP contribution is 2.26. The second kappa shape index (κ2) is 18.2. The average molecular weight is 693 g/mol. The van der Waals surface area contributed by atoms with Gasteiger partial charge in [-0.15, -0.1) is 0 Å². The van der Waals surface area contributed by atoms with Gasteiger partial charge in [-0.2, -0.15) is 8.42 Å². The molecule has 0 aliphatic rings. The van der Waals surface area contributed by atoms with Gasteiger partial charge in [-0.3, -0.25) is 9.59 Å². The number of nitrogens with two attached hydrogens (primary N) is 1. The topological polar surface area (TPSA) is 188 Å². The lowest BCUT2D eigenvalue weighted by molar-refractivity contribution is -0.138. The van der Waals surface area contributed by atoms with Gasteiger partial charge in [0.05, 0.1) is 38.2 Å². The van der Waals surface area contributed by atoms with Crippen molar-refractivity contribution in [1.29, 1.82) is 0 Å². The highest BCUT2D eigenvalue weighted by atomic mass is 32.2. The zero-order chi connectivity index (χ0) is 34.7. The van der Waals surface area contributed by atoms with Gasteiger partial charge in [0.25, 0.3) is 10.1 Å². The van der Waals surface area contributed by atoms with E-state index in [2.05, 4.69) is 9.50 Å². The van der Waals surface area contributed by atoms with Gasteiger partial charge in [-0.1, -0.05) is 56.0 Å². The molecule has 0 aliphatic carbocycles. The van der Waals surface area contributed by atoms with Gasteiger partial charge >= 0.3 is 5.97 Å². The molecule has 4 rings (SSSR count). The summed E-state index contributed by atoms with van der Waals surface area (Å²) in [6.45, 7) is 3.07. The molecule has 4 aromatic carbocycles. The third-order valence-electron chi connectivity index (χ3n) is 6.73. The van der Waals surface area contributed by atoms with Crippen molar-refractivity contribution in [3.05, 3.63) is 83.9 Å². The van der Waals surface area contributed by atoms with Crippen LogP contribution in [0.3, 0.4) is 0 Å². The maximum absolute atomic E-state index is 12.1. The molecule has 0 saturated heterocycles. The highest BCUT2D eigenvalue weighted by Gasteiger charge is 2.16. The number of carboxylic acid groups (broad SMARTS) is 1. The van der Waals surface area contributed by atoms with Crippen molar-refractivity contribution in [2.24, 2.45) is 5.73 Å². The van der Waals surface area contributed by atoms with E-state index in [1.165, 1.54) is 0 Å². The average Bonchev–Trinajstić information content (AvgIpc) is 3.02. The van der Waals surface area contributed by atoms with Crippen LogP contribution in [0.25, 0.3) is 21.5 Å². The van der Waals surface area contributed by atoms with Crippen molar-refractivity contribution in [2.75, 3.05) is 39.3 Å². The summed E-state index contributed by atoms with van der Waals surface area (Å²) in [5, 5.41) is 15.5. The summed E-state index contributed by atoms with van der Waals surface area (Å²) in [6, 6.07) is 22.8. The fourth-order valence-corrected chi connectivity index (χ4v) is 4.20. The molecule has 2 atom stereocenters. The summed E-state index contributed by atoms with van der Waals surface area (Å²) in [4.78, 5) is 23.0. The van der Waals surface area contributed by atoms with E-state index in [1.54, 1.807) is 28.1 Å². The molecular weight excluding hydrogens is 649 g/mol. The Kier molecular flexibility index (Phi) is 15.8. The number of hydrogen-bond donors (Lipinski definition) is 3. The van der Waals surface area contributed by atoms with Crippen LogP contribution in [0.2, 0.25) is 0 Å². The first-order valence-corrected chi connectivity index (χ1v) is 17.7. The van der Waals surface area contributed by atoms with Crippen LogP contribution in [-0.4, -0.2) is 73.2 Å². The lowest BCUT2D eigenvalue weighted by atomic mass is 9.97. The lowest BCUT2D eigenvalue weighted by Crippen LogP contribution is -2.31. The maximum Gasteiger partial charge on any atom is 0.310 e. The first-order valence-electron chi connectivity index (χ1n) is 13.9. The van der Waals surface area contributed by atoms with E-state index in [9.17, 15) is 26.4 Å². The van der Waals surface area contributed by atoms with Crippen LogP contribution in [-0.2, 0) is 33.7 Å². The Morgan fingerprint density at radius 2 is 1.13 bits per heavy atom. The minimum absolute atomic E-state index is 0. The van der Waals surface area contributed by atoms with Crippen molar-refractivity contribution >= 4 is 53.4 Å². The lowest BCUT2D eigenvalue weighted by Gasteiger charge is -2.13. The van der Waals surface area contributed by atoms with E-state index in [0.717, 1.165) is 56.7 Å². The molecule has 0 heterocycles. The number of carbonyl (C=O) groups is 2. The molecular formula is C33H44N2O10S2. The monoisotopic (exact) mass is 692 g/mol. The maximum atomic E-state index is 12.1. The number of methoxy groups -OCH3 is 2. The molecule has 4 aromatic rings. The summed E-state index contributed by atoms with van der Waals surface area (Å²) in [5.74, 6) is -0.705. The number of benzene rings is 4. The Morgan fingerprint density at radius 1 is 0.745 bits per heavy atom. The SMILES string of the molecule is C.COc1ccc2cc(C(C)C(=O)NCOS(C)(=O)=O)ccc2c1.COc1ccc2cc(C(C)C(=O)O)ccc2c1.CS(=O)(=O)CN. The molecule has 0 spiro atoms. The Morgan fingerprint density at radius 3 is 1.49 bits per heavy atom. The number of aliphatic carboxylic acids is 1. The molecule has 14 heteroatoms. The van der Waals surface area contributed by atoms with Gasteiger partial charge in [0.2, 0.25) is 5.91 Å². The van der Waals surface area contributed by atoms with Gasteiger partial charge in [0.1, 0.15) is 18.2 Å². The summed E-state index contributed by atoms with van der Waals surface area (Å²) < 4.78 is 56.3. The number of ether oxygens (including phenoxy) is 2. The van der Waals surface area contributed by atoms with E-state index < -0.39 is 37.8 Å². The number of fused-ring (bicyclic) bond motifs is 2. The second-order valence-corrected chi connectivity index (χ2v) is 14.2. The number of nitrogens with one attached hydrogen (secondary N) is 1. The zero-order valence-corrected chi connectivity index (χ0v) is 28.1. The molecule has 4 N–H and O–H groups in total. The quantitative estimate of drug-likeness (QED) is 0.155. The predicted octanol–water partition coefficient (Wildman–Crippen LogP) is 4.62. The minimum Gasteiger partial charge on any atom is -0.497 e. The van der Waals surface area contributed by atoms with E-state index in [0.29, 0.717) is 0 Å². The first kappa shape index (κ1) is 40.8.